The summed E-state index contributed by atoms with van der Waals surface area (Å²) in [5.41, 5.74) is 7.56. The Morgan fingerprint density at radius 3 is 2.87 bits per heavy atom. The maximum atomic E-state index is 6.65. The molecule has 0 amide bonds. The highest BCUT2D eigenvalue weighted by atomic mass is 15.1. The molecule has 1 heterocycles. The zero-order chi connectivity index (χ0) is 11.1. The first-order chi connectivity index (χ1) is 7.26. The van der Waals surface area contributed by atoms with E-state index in [2.05, 4.69) is 25.7 Å². The highest BCUT2D eigenvalue weighted by molar-refractivity contribution is 5.41. The lowest BCUT2D eigenvalue weighted by molar-refractivity contribution is 0.889. The third-order valence-electron chi connectivity index (χ3n) is 1.72. The van der Waals surface area contributed by atoms with Gasteiger partial charge in [0.15, 0.2) is 0 Å². The summed E-state index contributed by atoms with van der Waals surface area (Å²) in [5, 5.41) is 9.39. The van der Waals surface area contributed by atoms with Gasteiger partial charge in [-0.15, -0.1) is 0 Å². The standard InChI is InChI=1S/C9H16N6/c1-3-11-8-6-7(2)14-9(15-8)12-4-5-13-10/h6,10H,3-5H2,1-2H3,(H2,11,12,14,15). The smallest absolute Gasteiger partial charge is 0.224 e. The highest BCUT2D eigenvalue weighted by Gasteiger charge is 2.00. The largest absolute Gasteiger partial charge is 0.370 e. The van der Waals surface area contributed by atoms with Crippen LogP contribution in [0.15, 0.2) is 11.2 Å². The fraction of sp³-hybridized carbons (Fsp3) is 0.556. The molecule has 0 aliphatic carbocycles. The summed E-state index contributed by atoms with van der Waals surface area (Å²) in [6.07, 6.45) is 0. The molecule has 15 heavy (non-hydrogen) atoms. The first kappa shape index (κ1) is 11.4. The summed E-state index contributed by atoms with van der Waals surface area (Å²) in [6, 6.07) is 1.89. The van der Waals surface area contributed by atoms with Crippen LogP contribution >= 0.6 is 0 Å². The molecule has 0 aromatic carbocycles. The van der Waals surface area contributed by atoms with Crippen LogP contribution in [0.4, 0.5) is 11.8 Å². The number of hydrogen-bond acceptors (Lipinski definition) is 6. The first-order valence-electron chi connectivity index (χ1n) is 4.93. The van der Waals surface area contributed by atoms with Crippen LogP contribution in [0.2, 0.25) is 0 Å². The summed E-state index contributed by atoms with van der Waals surface area (Å²) >= 11 is 0. The van der Waals surface area contributed by atoms with E-state index in [-0.39, 0.29) is 0 Å². The maximum absolute atomic E-state index is 6.65. The molecular formula is C9H16N6. The minimum absolute atomic E-state index is 0.438. The Balaban J connectivity index is 2.65. The first-order valence-corrected chi connectivity index (χ1v) is 4.93. The average molecular weight is 208 g/mol. The molecule has 1 aromatic heterocycles. The van der Waals surface area contributed by atoms with Crippen molar-refractivity contribution in [2.75, 3.05) is 30.3 Å². The van der Waals surface area contributed by atoms with Gasteiger partial charge in [-0.05, 0) is 13.8 Å². The third kappa shape index (κ3) is 3.88. The number of aryl methyl sites for hydroxylation is 1. The third-order valence-corrected chi connectivity index (χ3v) is 1.72. The molecule has 82 valence electrons. The highest BCUT2D eigenvalue weighted by Crippen LogP contribution is 2.08. The van der Waals surface area contributed by atoms with Crippen molar-refractivity contribution in [3.8, 4) is 0 Å². The van der Waals surface area contributed by atoms with Gasteiger partial charge in [0.25, 0.3) is 0 Å². The van der Waals surface area contributed by atoms with Crippen molar-refractivity contribution in [3.63, 3.8) is 0 Å². The van der Waals surface area contributed by atoms with E-state index in [4.69, 9.17) is 5.53 Å². The van der Waals surface area contributed by atoms with Gasteiger partial charge in [0.05, 0.1) is 6.54 Å². The summed E-state index contributed by atoms with van der Waals surface area (Å²) in [7, 11) is 0. The fourth-order valence-corrected chi connectivity index (χ4v) is 1.14. The Morgan fingerprint density at radius 2 is 2.20 bits per heavy atom. The molecule has 0 spiro atoms. The zero-order valence-corrected chi connectivity index (χ0v) is 9.04. The normalized spacial score (nSPS) is 9.73. The molecule has 0 saturated carbocycles. The van der Waals surface area contributed by atoms with Gasteiger partial charge < -0.3 is 10.6 Å². The molecule has 0 aliphatic rings. The van der Waals surface area contributed by atoms with Crippen molar-refractivity contribution in [2.24, 2.45) is 5.11 Å². The number of anilines is 2. The predicted octanol–water partition coefficient (Wildman–Crippen LogP) is 1.66. The average Bonchev–Trinajstić information content (AvgIpc) is 2.18. The molecule has 0 radical (unpaired) electrons. The van der Waals surface area contributed by atoms with E-state index in [1.54, 1.807) is 0 Å². The number of nitrogens with zero attached hydrogens (tertiary/aromatic N) is 3. The molecular weight excluding hydrogens is 192 g/mol. The molecule has 0 fully saturated rings. The summed E-state index contributed by atoms with van der Waals surface area (Å²) in [5.74, 6) is 1.39. The molecule has 0 atom stereocenters. The maximum Gasteiger partial charge on any atom is 0.224 e. The lowest BCUT2D eigenvalue weighted by Gasteiger charge is -2.07. The van der Waals surface area contributed by atoms with Crippen LogP contribution in [-0.2, 0) is 0 Å². The second-order valence-corrected chi connectivity index (χ2v) is 3.06. The Labute approximate surface area is 89.0 Å². The van der Waals surface area contributed by atoms with Crippen molar-refractivity contribution in [2.45, 2.75) is 13.8 Å². The molecule has 0 aliphatic heterocycles. The molecule has 0 bridgehead atoms. The summed E-state index contributed by atoms with van der Waals surface area (Å²) < 4.78 is 0. The molecule has 0 saturated heterocycles. The SMILES string of the molecule is CCNc1cc(C)nc(NCCN=N)n1. The van der Waals surface area contributed by atoms with Crippen LogP contribution in [0, 0.1) is 12.5 Å². The van der Waals surface area contributed by atoms with Gasteiger partial charge in [-0.2, -0.15) is 10.1 Å². The number of aromatic nitrogens is 2. The zero-order valence-electron chi connectivity index (χ0n) is 9.04. The molecule has 6 heteroatoms. The predicted molar refractivity (Wildman–Crippen MR) is 59.4 cm³/mol. The van der Waals surface area contributed by atoms with Crippen LogP contribution in [0.25, 0.3) is 0 Å². The van der Waals surface area contributed by atoms with Gasteiger partial charge in [-0.3, -0.25) is 0 Å². The van der Waals surface area contributed by atoms with Gasteiger partial charge in [0.2, 0.25) is 5.95 Å². The molecule has 6 nitrogen and oxygen atoms in total. The minimum atomic E-state index is 0.438. The van der Waals surface area contributed by atoms with Crippen molar-refractivity contribution in [1.29, 1.82) is 5.53 Å². The number of nitrogens with one attached hydrogen (secondary N) is 3. The van der Waals surface area contributed by atoms with Crippen LogP contribution in [0.5, 0.6) is 0 Å². The molecule has 0 unspecified atom stereocenters. The monoisotopic (exact) mass is 208 g/mol. The Kier molecular flexibility index (Phi) is 4.46. The van der Waals surface area contributed by atoms with E-state index in [9.17, 15) is 0 Å². The van der Waals surface area contributed by atoms with Crippen LogP contribution < -0.4 is 10.6 Å². The van der Waals surface area contributed by atoms with E-state index in [1.807, 2.05) is 19.9 Å². The van der Waals surface area contributed by atoms with Crippen molar-refractivity contribution in [3.05, 3.63) is 11.8 Å². The van der Waals surface area contributed by atoms with Crippen molar-refractivity contribution in [1.82, 2.24) is 9.97 Å². The lowest BCUT2D eigenvalue weighted by atomic mass is 10.4. The van der Waals surface area contributed by atoms with Gasteiger partial charge in [0.1, 0.15) is 5.82 Å². The van der Waals surface area contributed by atoms with Gasteiger partial charge >= 0.3 is 0 Å². The second-order valence-electron chi connectivity index (χ2n) is 3.06. The van der Waals surface area contributed by atoms with Crippen molar-refractivity contribution < 1.29 is 0 Å². The summed E-state index contributed by atoms with van der Waals surface area (Å²) in [6.45, 7) is 5.79. The second kappa shape index (κ2) is 5.90. The van der Waals surface area contributed by atoms with Gasteiger partial charge in [-0.25, -0.2) is 10.5 Å². The number of rotatable bonds is 6. The summed E-state index contributed by atoms with van der Waals surface area (Å²) in [4.78, 5) is 8.48. The quantitative estimate of drug-likeness (QED) is 0.490. The fourth-order valence-electron chi connectivity index (χ4n) is 1.14. The Hall–Kier alpha value is -1.72. The van der Waals surface area contributed by atoms with Crippen LogP contribution in [0.3, 0.4) is 0 Å². The van der Waals surface area contributed by atoms with E-state index >= 15 is 0 Å². The van der Waals surface area contributed by atoms with E-state index in [1.165, 1.54) is 0 Å². The molecule has 3 N–H and O–H groups in total. The van der Waals surface area contributed by atoms with Crippen molar-refractivity contribution >= 4 is 11.8 Å². The van der Waals surface area contributed by atoms with Crippen LogP contribution in [0.1, 0.15) is 12.6 Å². The Morgan fingerprint density at radius 1 is 1.40 bits per heavy atom. The topological polar surface area (TPSA) is 86.0 Å². The minimum Gasteiger partial charge on any atom is -0.370 e. The van der Waals surface area contributed by atoms with Gasteiger partial charge in [-0.1, -0.05) is 0 Å². The molecule has 1 aromatic rings. The Bertz CT molecular complexity index is 324. The van der Waals surface area contributed by atoms with E-state index in [0.29, 0.717) is 19.0 Å². The van der Waals surface area contributed by atoms with E-state index < -0.39 is 0 Å². The van der Waals surface area contributed by atoms with Crippen LogP contribution in [-0.4, -0.2) is 29.6 Å². The van der Waals surface area contributed by atoms with Gasteiger partial charge in [0, 0.05) is 24.8 Å². The van der Waals surface area contributed by atoms with E-state index in [0.717, 1.165) is 18.1 Å². The number of hydrogen-bond donors (Lipinski definition) is 3. The lowest BCUT2D eigenvalue weighted by Crippen LogP contribution is -2.10. The molecule has 1 rings (SSSR count).